The van der Waals surface area contributed by atoms with Crippen molar-refractivity contribution in [2.45, 2.75) is 24.8 Å². The summed E-state index contributed by atoms with van der Waals surface area (Å²) in [5, 5.41) is 2.55. The highest BCUT2D eigenvalue weighted by Crippen LogP contribution is 2.37. The van der Waals surface area contributed by atoms with E-state index in [2.05, 4.69) is 18.8 Å². The molecule has 3 rings (SSSR count). The molecule has 1 amide bonds. The van der Waals surface area contributed by atoms with Crippen molar-refractivity contribution in [3.63, 3.8) is 0 Å². The minimum atomic E-state index is -4.05. The molecule has 7 nitrogen and oxygen atoms in total. The molecule has 0 spiro atoms. The standard InChI is InChI=1S/C17H16ClFN4O3S2/c1-9(2)15(17(24)20-12-7-6-10(19)8-11(12)18)23-28(25,26)14-5-3-4-13-16(14)22-27-21-13/h3-9,15,23H,1-2H3,(H,20,24)/t15-/m0/s1. The molecule has 1 atom stereocenters. The zero-order valence-corrected chi connectivity index (χ0v) is 17.2. The lowest BCUT2D eigenvalue weighted by Crippen LogP contribution is -2.47. The smallest absolute Gasteiger partial charge is 0.243 e. The molecule has 1 aliphatic rings. The summed E-state index contributed by atoms with van der Waals surface area (Å²) in [5.41, 5.74) is 0.879. The van der Waals surface area contributed by atoms with Crippen LogP contribution in [0.15, 0.2) is 50.0 Å². The van der Waals surface area contributed by atoms with E-state index in [9.17, 15) is 17.6 Å². The van der Waals surface area contributed by atoms with Crippen LogP contribution in [0.25, 0.3) is 0 Å². The van der Waals surface area contributed by atoms with Crippen LogP contribution in [-0.2, 0) is 26.2 Å². The first kappa shape index (κ1) is 20.6. The zero-order chi connectivity index (χ0) is 20.5. The van der Waals surface area contributed by atoms with Gasteiger partial charge in [0.1, 0.15) is 28.1 Å². The summed E-state index contributed by atoms with van der Waals surface area (Å²) in [4.78, 5) is 12.6. The predicted octanol–water partition coefficient (Wildman–Crippen LogP) is 4.15. The molecule has 28 heavy (non-hydrogen) atoms. The molecule has 11 heteroatoms. The number of benzene rings is 2. The molecule has 0 saturated heterocycles. The van der Waals surface area contributed by atoms with Gasteiger partial charge >= 0.3 is 0 Å². The summed E-state index contributed by atoms with van der Waals surface area (Å²) in [6, 6.07) is 7.03. The third-order valence-electron chi connectivity index (χ3n) is 3.96. The van der Waals surface area contributed by atoms with E-state index in [1.54, 1.807) is 26.0 Å². The van der Waals surface area contributed by atoms with Gasteiger partial charge in [-0.2, -0.15) is 13.4 Å². The maximum Gasteiger partial charge on any atom is 0.243 e. The fourth-order valence-electron chi connectivity index (χ4n) is 2.52. The number of amides is 1. The second-order valence-corrected chi connectivity index (χ2v) is 8.96. The first-order chi connectivity index (χ1) is 13.2. The molecule has 1 heterocycles. The van der Waals surface area contributed by atoms with Gasteiger partial charge < -0.3 is 5.32 Å². The van der Waals surface area contributed by atoms with E-state index in [0.717, 1.165) is 23.5 Å². The highest BCUT2D eigenvalue weighted by atomic mass is 35.5. The molecule has 0 aromatic heterocycles. The third-order valence-corrected chi connectivity index (χ3v) is 6.29. The summed E-state index contributed by atoms with van der Waals surface area (Å²) in [6.45, 7) is 3.40. The molecular formula is C17H16ClFN4O3S2. The number of carbonyl (C=O) groups is 1. The van der Waals surface area contributed by atoms with Crippen molar-refractivity contribution in [2.75, 3.05) is 5.32 Å². The van der Waals surface area contributed by atoms with E-state index < -0.39 is 27.8 Å². The number of fused-ring (bicyclic) bond motifs is 1. The van der Waals surface area contributed by atoms with Crippen LogP contribution >= 0.6 is 11.6 Å². The van der Waals surface area contributed by atoms with Crippen LogP contribution in [0.5, 0.6) is 0 Å². The number of rotatable bonds is 6. The van der Waals surface area contributed by atoms with Crippen LogP contribution in [0.4, 0.5) is 21.5 Å². The van der Waals surface area contributed by atoms with Gasteiger partial charge in [-0.25, -0.2) is 12.8 Å². The molecule has 0 aliphatic carbocycles. The Labute approximate surface area is 170 Å². The SMILES string of the molecule is CC(C)[C@H](NS(=O)(=O)c1cccc2c1N=S=N2)C(=O)Nc1ccc(F)cc1Cl. The fraction of sp³-hybridized carbons (Fsp3) is 0.235. The Morgan fingerprint density at radius 3 is 2.64 bits per heavy atom. The molecule has 148 valence electrons. The van der Waals surface area contributed by atoms with E-state index in [1.807, 2.05) is 0 Å². The first-order valence-electron chi connectivity index (χ1n) is 8.18. The van der Waals surface area contributed by atoms with Crippen molar-refractivity contribution in [1.82, 2.24) is 4.72 Å². The maximum atomic E-state index is 13.2. The normalized spacial score (nSPS) is 13.9. The van der Waals surface area contributed by atoms with Crippen LogP contribution in [0.3, 0.4) is 0 Å². The van der Waals surface area contributed by atoms with E-state index in [-0.39, 0.29) is 27.2 Å². The fourth-order valence-corrected chi connectivity index (χ4v) is 4.85. The number of anilines is 1. The Bertz CT molecular complexity index is 1120. The number of carbonyl (C=O) groups excluding carboxylic acids is 1. The van der Waals surface area contributed by atoms with Gasteiger partial charge in [-0.3, -0.25) is 4.79 Å². The van der Waals surface area contributed by atoms with E-state index >= 15 is 0 Å². The molecule has 2 aromatic carbocycles. The Morgan fingerprint density at radius 1 is 1.21 bits per heavy atom. The lowest BCUT2D eigenvalue weighted by Gasteiger charge is -2.22. The Hall–Kier alpha value is -2.14. The number of halogens is 2. The predicted molar refractivity (Wildman–Crippen MR) is 107 cm³/mol. The molecule has 0 unspecified atom stereocenters. The van der Waals surface area contributed by atoms with Crippen LogP contribution in [-0.4, -0.2) is 20.4 Å². The Kier molecular flexibility index (Phi) is 5.94. The van der Waals surface area contributed by atoms with Gasteiger partial charge in [0.15, 0.2) is 0 Å². The van der Waals surface area contributed by atoms with E-state index in [4.69, 9.17) is 11.6 Å². The van der Waals surface area contributed by atoms with Gasteiger partial charge in [0.05, 0.1) is 22.1 Å². The van der Waals surface area contributed by atoms with Crippen LogP contribution < -0.4 is 10.0 Å². The minimum absolute atomic E-state index is 0.0111. The number of hydrogen-bond acceptors (Lipinski definition) is 5. The highest BCUT2D eigenvalue weighted by Gasteiger charge is 2.31. The summed E-state index contributed by atoms with van der Waals surface area (Å²) in [6.07, 6.45) is 0. The van der Waals surface area contributed by atoms with Crippen molar-refractivity contribution in [1.29, 1.82) is 0 Å². The van der Waals surface area contributed by atoms with Gasteiger partial charge in [-0.15, -0.1) is 0 Å². The molecule has 0 bridgehead atoms. The maximum absolute atomic E-state index is 13.2. The van der Waals surface area contributed by atoms with E-state index in [0.29, 0.717) is 5.69 Å². The first-order valence-corrected chi connectivity index (χ1v) is 10.8. The lowest BCUT2D eigenvalue weighted by atomic mass is 10.0. The third kappa shape index (κ3) is 4.30. The Morgan fingerprint density at radius 2 is 1.96 bits per heavy atom. The van der Waals surface area contributed by atoms with Gasteiger partial charge in [0, 0.05) is 0 Å². The second-order valence-electron chi connectivity index (χ2n) is 6.34. The number of hydrogen-bond donors (Lipinski definition) is 2. The zero-order valence-electron chi connectivity index (χ0n) is 14.8. The molecule has 0 radical (unpaired) electrons. The topological polar surface area (TPSA) is 100.0 Å². The molecule has 2 N–H and O–H groups in total. The summed E-state index contributed by atoms with van der Waals surface area (Å²) < 4.78 is 49.5. The molecule has 0 fully saturated rings. The van der Waals surface area contributed by atoms with E-state index in [1.165, 1.54) is 12.1 Å². The van der Waals surface area contributed by atoms with Crippen LogP contribution in [0.1, 0.15) is 13.8 Å². The van der Waals surface area contributed by atoms with Crippen molar-refractivity contribution < 1.29 is 17.6 Å². The van der Waals surface area contributed by atoms with Crippen molar-refractivity contribution in [3.05, 3.63) is 47.2 Å². The lowest BCUT2D eigenvalue weighted by molar-refractivity contribution is -0.118. The van der Waals surface area contributed by atoms with Gasteiger partial charge in [-0.1, -0.05) is 31.5 Å². The Balaban J connectivity index is 1.86. The molecule has 1 aliphatic heterocycles. The van der Waals surface area contributed by atoms with Crippen molar-refractivity contribution in [2.24, 2.45) is 14.6 Å². The van der Waals surface area contributed by atoms with Crippen LogP contribution in [0, 0.1) is 11.7 Å². The van der Waals surface area contributed by atoms with Gasteiger partial charge in [0.25, 0.3) is 0 Å². The molecule has 0 saturated carbocycles. The van der Waals surface area contributed by atoms with Gasteiger partial charge in [0.2, 0.25) is 15.9 Å². The van der Waals surface area contributed by atoms with Crippen molar-refractivity contribution >= 4 is 55.9 Å². The summed E-state index contributed by atoms with van der Waals surface area (Å²) in [7, 11) is -4.05. The van der Waals surface area contributed by atoms with Crippen molar-refractivity contribution in [3.8, 4) is 0 Å². The largest absolute Gasteiger partial charge is 0.323 e. The van der Waals surface area contributed by atoms with Crippen LogP contribution in [0.2, 0.25) is 5.02 Å². The summed E-state index contributed by atoms with van der Waals surface area (Å²) >= 11 is 6.83. The quantitative estimate of drug-likeness (QED) is 0.599. The molecule has 2 aromatic rings. The minimum Gasteiger partial charge on any atom is -0.323 e. The monoisotopic (exact) mass is 442 g/mol. The number of sulfonamides is 1. The van der Waals surface area contributed by atoms with Gasteiger partial charge in [-0.05, 0) is 36.2 Å². The highest BCUT2D eigenvalue weighted by molar-refractivity contribution is 7.89. The number of nitrogens with zero attached hydrogens (tertiary/aromatic N) is 2. The average molecular weight is 443 g/mol. The average Bonchev–Trinajstić information content (AvgIpc) is 3.10. The summed E-state index contributed by atoms with van der Waals surface area (Å²) in [5.74, 6) is -1.54. The second kappa shape index (κ2) is 8.08. The molecular weight excluding hydrogens is 427 g/mol. The number of nitrogens with one attached hydrogen (secondary N) is 2.